The fourth-order valence-corrected chi connectivity index (χ4v) is 4.24. The molecule has 0 unspecified atom stereocenters. The first-order valence-corrected chi connectivity index (χ1v) is 11.6. The van der Waals surface area contributed by atoms with E-state index < -0.39 is 24.0 Å². The van der Waals surface area contributed by atoms with Gasteiger partial charge in [0, 0.05) is 42.1 Å². The molecule has 2 aliphatic rings. The van der Waals surface area contributed by atoms with Gasteiger partial charge in [-0.05, 0) is 48.9 Å². The summed E-state index contributed by atoms with van der Waals surface area (Å²) in [6.45, 7) is 4.06. The molecule has 5 N–H and O–H groups in total. The van der Waals surface area contributed by atoms with Crippen molar-refractivity contribution in [1.82, 2.24) is 4.90 Å². The molecule has 36 heavy (non-hydrogen) atoms. The van der Waals surface area contributed by atoms with Crippen molar-refractivity contribution in [1.29, 1.82) is 5.41 Å². The maximum Gasteiger partial charge on any atom is 0.259 e. The van der Waals surface area contributed by atoms with E-state index in [0.717, 1.165) is 0 Å². The minimum atomic E-state index is -1.76. The third-order valence-electron chi connectivity index (χ3n) is 6.27. The summed E-state index contributed by atoms with van der Waals surface area (Å²) in [7, 11) is 0. The molecule has 4 rings (SSSR count). The lowest BCUT2D eigenvalue weighted by Gasteiger charge is -2.35. The highest BCUT2D eigenvalue weighted by Gasteiger charge is 2.40. The molecule has 2 heterocycles. The summed E-state index contributed by atoms with van der Waals surface area (Å²) in [4.78, 5) is 42.2. The Morgan fingerprint density at radius 2 is 1.81 bits per heavy atom. The summed E-state index contributed by atoms with van der Waals surface area (Å²) >= 11 is 0. The van der Waals surface area contributed by atoms with Gasteiger partial charge in [0.2, 0.25) is 0 Å². The predicted octanol–water partition coefficient (Wildman–Crippen LogP) is 0.483. The van der Waals surface area contributed by atoms with Crippen molar-refractivity contribution in [2.24, 2.45) is 5.73 Å². The fourth-order valence-electron chi connectivity index (χ4n) is 4.24. The molecular formula is C25H29N5O6. The number of amides is 3. The number of rotatable bonds is 6. The van der Waals surface area contributed by atoms with E-state index in [1.165, 1.54) is 17.0 Å². The lowest BCUT2D eigenvalue weighted by Crippen LogP contribution is -2.55. The highest BCUT2D eigenvalue weighted by molar-refractivity contribution is 6.05. The Balaban J connectivity index is 1.48. The maximum atomic E-state index is 13.3. The summed E-state index contributed by atoms with van der Waals surface area (Å²) in [6.07, 6.45) is -3.17. The van der Waals surface area contributed by atoms with Gasteiger partial charge in [0.15, 0.2) is 12.2 Å². The summed E-state index contributed by atoms with van der Waals surface area (Å²) in [5.74, 6) is -1.63. The number of nitrogens with zero attached hydrogens (tertiary/aromatic N) is 2. The number of hydrogen-bond donors (Lipinski definition) is 4. The van der Waals surface area contributed by atoms with Gasteiger partial charge >= 0.3 is 0 Å². The lowest BCUT2D eigenvalue weighted by atomic mass is 10.0. The number of carbonyl (C=O) groups is 3. The van der Waals surface area contributed by atoms with E-state index in [1.807, 2.05) is 0 Å². The van der Waals surface area contributed by atoms with Crippen LogP contribution in [-0.2, 0) is 19.1 Å². The zero-order valence-corrected chi connectivity index (χ0v) is 19.9. The van der Waals surface area contributed by atoms with E-state index in [4.69, 9.17) is 20.6 Å². The standard InChI is InChI=1S/C25H29N5O6/c1-15-18(24(33)29-9-12-35-13-10-29)3-2-4-19(15)30-11-14-36-21(25(30)34)20(31)23(32)28-17-7-5-16(6-8-17)22(26)27/h2-8,20-21,31H,9-14H2,1H3,(H3,26,27)(H,28,32)/t20-,21-/m1/s1. The second-order valence-electron chi connectivity index (χ2n) is 8.56. The van der Waals surface area contributed by atoms with Gasteiger partial charge in [-0.2, -0.15) is 0 Å². The molecule has 0 bridgehead atoms. The minimum Gasteiger partial charge on any atom is -0.384 e. The summed E-state index contributed by atoms with van der Waals surface area (Å²) in [5.41, 5.74) is 7.93. The van der Waals surface area contributed by atoms with Crippen LogP contribution >= 0.6 is 0 Å². The molecule has 11 heteroatoms. The molecule has 0 aliphatic carbocycles. The van der Waals surface area contributed by atoms with Crippen molar-refractivity contribution in [3.63, 3.8) is 0 Å². The van der Waals surface area contributed by atoms with Crippen LogP contribution in [0.2, 0.25) is 0 Å². The van der Waals surface area contributed by atoms with Crippen molar-refractivity contribution >= 4 is 34.9 Å². The van der Waals surface area contributed by atoms with E-state index in [1.54, 1.807) is 42.2 Å². The monoisotopic (exact) mass is 495 g/mol. The van der Waals surface area contributed by atoms with Gasteiger partial charge in [0.25, 0.3) is 17.7 Å². The normalized spacial score (nSPS) is 19.1. The molecule has 2 atom stereocenters. The number of nitrogens with two attached hydrogens (primary N) is 1. The number of aliphatic hydroxyl groups is 1. The number of aliphatic hydroxyl groups excluding tert-OH is 1. The molecule has 2 saturated heterocycles. The molecule has 0 aromatic heterocycles. The van der Waals surface area contributed by atoms with Crippen LogP contribution in [-0.4, -0.2) is 85.2 Å². The molecule has 0 saturated carbocycles. The van der Waals surface area contributed by atoms with Crippen molar-refractivity contribution in [2.45, 2.75) is 19.1 Å². The Kier molecular flexibility index (Phi) is 7.63. The molecule has 3 amide bonds. The summed E-state index contributed by atoms with van der Waals surface area (Å²) in [6, 6.07) is 11.4. The first-order chi connectivity index (χ1) is 17.3. The summed E-state index contributed by atoms with van der Waals surface area (Å²) in [5, 5.41) is 20.6. The van der Waals surface area contributed by atoms with Crippen molar-refractivity contribution in [3.8, 4) is 0 Å². The number of amidine groups is 1. The molecule has 0 spiro atoms. The second-order valence-corrected chi connectivity index (χ2v) is 8.56. The van der Waals surface area contributed by atoms with Crippen LogP contribution in [0.5, 0.6) is 0 Å². The number of morpholine rings is 2. The molecule has 2 aromatic rings. The third kappa shape index (κ3) is 5.23. The topological polar surface area (TPSA) is 158 Å². The van der Waals surface area contributed by atoms with Crippen LogP contribution in [0.25, 0.3) is 0 Å². The molecule has 2 aromatic carbocycles. The van der Waals surface area contributed by atoms with Gasteiger partial charge in [-0.15, -0.1) is 0 Å². The lowest BCUT2D eigenvalue weighted by molar-refractivity contribution is -0.150. The highest BCUT2D eigenvalue weighted by Crippen LogP contribution is 2.28. The highest BCUT2D eigenvalue weighted by atomic mass is 16.5. The van der Waals surface area contributed by atoms with E-state index in [2.05, 4.69) is 5.32 Å². The molecule has 190 valence electrons. The molecule has 2 aliphatic heterocycles. The second kappa shape index (κ2) is 10.9. The number of anilines is 2. The Labute approximate surface area is 208 Å². The van der Waals surface area contributed by atoms with E-state index in [-0.39, 0.29) is 24.9 Å². The third-order valence-corrected chi connectivity index (χ3v) is 6.27. The SMILES string of the molecule is Cc1c(C(=O)N2CCOCC2)cccc1N1CCO[C@H]([C@@H](O)C(=O)Nc2ccc(C(=N)N)cc2)C1=O. The Hall–Kier alpha value is -3.80. The Bertz CT molecular complexity index is 1160. The van der Waals surface area contributed by atoms with Crippen LogP contribution in [0.15, 0.2) is 42.5 Å². The first-order valence-electron chi connectivity index (χ1n) is 11.6. The number of benzene rings is 2. The van der Waals surface area contributed by atoms with Gasteiger partial charge in [0.05, 0.1) is 19.8 Å². The number of nitrogen functional groups attached to an aromatic ring is 1. The minimum absolute atomic E-state index is 0.106. The van der Waals surface area contributed by atoms with Crippen LogP contribution in [0, 0.1) is 12.3 Å². The number of ether oxygens (including phenoxy) is 2. The zero-order chi connectivity index (χ0) is 25.8. The number of nitrogens with one attached hydrogen (secondary N) is 2. The van der Waals surface area contributed by atoms with Crippen molar-refractivity contribution < 1.29 is 29.0 Å². The molecule has 11 nitrogen and oxygen atoms in total. The van der Waals surface area contributed by atoms with Crippen LogP contribution < -0.4 is 16.0 Å². The smallest absolute Gasteiger partial charge is 0.259 e. The number of hydrogen-bond acceptors (Lipinski definition) is 7. The van der Waals surface area contributed by atoms with Gasteiger partial charge in [-0.3, -0.25) is 19.8 Å². The Morgan fingerprint density at radius 1 is 1.11 bits per heavy atom. The zero-order valence-electron chi connectivity index (χ0n) is 19.9. The van der Waals surface area contributed by atoms with Crippen LogP contribution in [0.4, 0.5) is 11.4 Å². The van der Waals surface area contributed by atoms with E-state index in [0.29, 0.717) is 54.4 Å². The maximum absolute atomic E-state index is 13.3. The predicted molar refractivity (Wildman–Crippen MR) is 132 cm³/mol. The average Bonchev–Trinajstić information content (AvgIpc) is 2.89. The molecule has 0 radical (unpaired) electrons. The molecular weight excluding hydrogens is 466 g/mol. The first kappa shape index (κ1) is 25.3. The van der Waals surface area contributed by atoms with Crippen LogP contribution in [0.3, 0.4) is 0 Å². The van der Waals surface area contributed by atoms with Crippen molar-refractivity contribution in [2.75, 3.05) is 49.7 Å². The summed E-state index contributed by atoms with van der Waals surface area (Å²) < 4.78 is 10.8. The van der Waals surface area contributed by atoms with E-state index in [9.17, 15) is 19.5 Å². The van der Waals surface area contributed by atoms with Crippen molar-refractivity contribution in [3.05, 3.63) is 59.2 Å². The quantitative estimate of drug-likeness (QED) is 0.335. The van der Waals surface area contributed by atoms with Gasteiger partial charge in [-0.25, -0.2) is 0 Å². The van der Waals surface area contributed by atoms with Gasteiger partial charge in [0.1, 0.15) is 5.84 Å². The Morgan fingerprint density at radius 3 is 2.47 bits per heavy atom. The average molecular weight is 496 g/mol. The van der Waals surface area contributed by atoms with Gasteiger partial charge < -0.3 is 35.4 Å². The largest absolute Gasteiger partial charge is 0.384 e. The fraction of sp³-hybridized carbons (Fsp3) is 0.360. The van der Waals surface area contributed by atoms with Crippen LogP contribution in [0.1, 0.15) is 21.5 Å². The van der Waals surface area contributed by atoms with Gasteiger partial charge in [-0.1, -0.05) is 6.07 Å². The molecule has 2 fully saturated rings. The van der Waals surface area contributed by atoms with E-state index >= 15 is 0 Å². The number of carbonyl (C=O) groups excluding carboxylic acids is 3.